The first-order valence-corrected chi connectivity index (χ1v) is 13.4. The number of rotatable bonds is 7. The van der Waals surface area contributed by atoms with E-state index in [9.17, 15) is 19.2 Å². The number of nitrogens with two attached hydrogens (primary N) is 1. The number of aliphatic imine (C=N–C) groups is 1. The molecule has 0 fully saturated rings. The van der Waals surface area contributed by atoms with Gasteiger partial charge in [0.05, 0.1) is 11.1 Å². The van der Waals surface area contributed by atoms with Crippen molar-refractivity contribution in [2.24, 2.45) is 10.7 Å². The standard InChI is InChI=1S/C27H27FN3O3PS/c1-15-12-16(8-10-20(15)28)14-27(2)19-7-5-4-6-18(19)24(32)23(25(27)33)26(29)30-21-11-9-17(31-36-3)13-22(21)35-34/h4-13,31-32,34-35H,14H2,1-3H3,(H2,29,30). The Bertz CT molecular complexity index is 1410. The maximum atomic E-state index is 14.0. The van der Waals surface area contributed by atoms with Gasteiger partial charge in [0.15, 0.2) is 5.78 Å². The zero-order valence-corrected chi connectivity index (χ0v) is 21.9. The Morgan fingerprint density at radius 1 is 1.19 bits per heavy atom. The van der Waals surface area contributed by atoms with Gasteiger partial charge in [-0.25, -0.2) is 9.38 Å². The predicted molar refractivity (Wildman–Crippen MR) is 148 cm³/mol. The van der Waals surface area contributed by atoms with Gasteiger partial charge in [-0.1, -0.05) is 48.3 Å². The molecule has 5 N–H and O–H groups in total. The summed E-state index contributed by atoms with van der Waals surface area (Å²) in [5.41, 5.74) is 8.85. The largest absolute Gasteiger partial charge is 0.506 e. The van der Waals surface area contributed by atoms with Crippen LogP contribution in [0.3, 0.4) is 0 Å². The summed E-state index contributed by atoms with van der Waals surface area (Å²) in [5.74, 6) is -1.07. The molecule has 0 saturated heterocycles. The molecular formula is C27H27FN3O3PS. The highest BCUT2D eigenvalue weighted by Crippen LogP contribution is 2.42. The Labute approximate surface area is 215 Å². The van der Waals surface area contributed by atoms with Crippen molar-refractivity contribution in [2.45, 2.75) is 25.7 Å². The number of Topliss-reactive ketones (excluding diaryl/α,β-unsaturated/α-hetero) is 1. The molecule has 1 aliphatic carbocycles. The number of halogens is 1. The van der Waals surface area contributed by atoms with E-state index in [4.69, 9.17) is 5.73 Å². The van der Waals surface area contributed by atoms with Gasteiger partial charge in [0.2, 0.25) is 0 Å². The van der Waals surface area contributed by atoms with Gasteiger partial charge in [-0.15, -0.1) is 0 Å². The summed E-state index contributed by atoms with van der Waals surface area (Å²) >= 11 is 1.42. The van der Waals surface area contributed by atoms with Crippen molar-refractivity contribution in [3.05, 3.63) is 94.3 Å². The van der Waals surface area contributed by atoms with Crippen molar-refractivity contribution in [2.75, 3.05) is 11.0 Å². The molecule has 0 radical (unpaired) electrons. The van der Waals surface area contributed by atoms with E-state index in [-0.39, 0.29) is 35.2 Å². The molecule has 0 aromatic heterocycles. The molecule has 186 valence electrons. The third-order valence-electron chi connectivity index (χ3n) is 6.36. The van der Waals surface area contributed by atoms with Crippen LogP contribution in [0.15, 0.2) is 71.2 Å². The van der Waals surface area contributed by atoms with Crippen LogP contribution in [0, 0.1) is 12.7 Å². The van der Waals surface area contributed by atoms with Gasteiger partial charge < -0.3 is 20.5 Å². The molecular weight excluding hydrogens is 496 g/mol. The molecule has 0 spiro atoms. The van der Waals surface area contributed by atoms with Gasteiger partial charge >= 0.3 is 0 Å². The van der Waals surface area contributed by atoms with Crippen molar-refractivity contribution in [3.63, 3.8) is 0 Å². The number of aliphatic hydroxyl groups excluding tert-OH is 1. The van der Waals surface area contributed by atoms with E-state index in [0.29, 0.717) is 27.7 Å². The van der Waals surface area contributed by atoms with E-state index in [0.717, 1.165) is 11.3 Å². The fourth-order valence-corrected chi connectivity index (χ4v) is 5.38. The predicted octanol–water partition coefficient (Wildman–Crippen LogP) is 5.08. The summed E-state index contributed by atoms with van der Waals surface area (Å²) in [6, 6.07) is 17.2. The van der Waals surface area contributed by atoms with Crippen molar-refractivity contribution in [3.8, 4) is 0 Å². The molecule has 0 saturated carbocycles. The van der Waals surface area contributed by atoms with Crippen LogP contribution in [0.25, 0.3) is 5.76 Å². The molecule has 1 aliphatic rings. The highest BCUT2D eigenvalue weighted by Gasteiger charge is 2.45. The molecule has 6 nitrogen and oxygen atoms in total. The third-order valence-corrected chi connectivity index (χ3v) is 7.44. The van der Waals surface area contributed by atoms with Crippen molar-refractivity contribution >= 4 is 54.8 Å². The Morgan fingerprint density at radius 3 is 2.64 bits per heavy atom. The fraction of sp³-hybridized carbons (Fsp3) is 0.185. The van der Waals surface area contributed by atoms with E-state index in [1.807, 2.05) is 18.4 Å². The SMILES string of the molecule is CSNc1ccc(N=C(N)C2=C(O)c3ccccc3C(C)(Cc3ccc(F)c(C)c3)C2=O)c(PO)c1. The number of hydrogen-bond donors (Lipinski definition) is 4. The summed E-state index contributed by atoms with van der Waals surface area (Å²) in [4.78, 5) is 28.3. The molecule has 0 amide bonds. The number of carbonyl (C=O) groups excluding carboxylic acids is 1. The first-order valence-electron chi connectivity index (χ1n) is 11.2. The summed E-state index contributed by atoms with van der Waals surface area (Å²) in [7, 11) is -0.542. The second-order valence-corrected chi connectivity index (χ2v) is 10.2. The number of hydrogen-bond acceptors (Lipinski definition) is 6. The third kappa shape index (κ3) is 4.76. The highest BCUT2D eigenvalue weighted by molar-refractivity contribution is 7.99. The number of fused-ring (bicyclic) bond motifs is 1. The minimum absolute atomic E-state index is 0.0754. The Kier molecular flexibility index (Phi) is 7.50. The van der Waals surface area contributed by atoms with Gasteiger partial charge in [-0.05, 0) is 61.2 Å². The quantitative estimate of drug-likeness (QED) is 0.149. The number of aryl methyl sites for hydroxylation is 1. The first-order chi connectivity index (χ1) is 17.2. The second kappa shape index (κ2) is 10.4. The molecule has 2 unspecified atom stereocenters. The molecule has 0 aliphatic heterocycles. The number of nitrogens with zero attached hydrogens (tertiary/aromatic N) is 1. The summed E-state index contributed by atoms with van der Waals surface area (Å²) < 4.78 is 17.0. The summed E-state index contributed by atoms with van der Waals surface area (Å²) in [6.45, 7) is 3.48. The fourth-order valence-electron chi connectivity index (χ4n) is 4.54. The number of anilines is 1. The zero-order chi connectivity index (χ0) is 26.0. The lowest BCUT2D eigenvalue weighted by Crippen LogP contribution is -2.43. The summed E-state index contributed by atoms with van der Waals surface area (Å²) in [6.07, 6.45) is 2.17. The smallest absolute Gasteiger partial charge is 0.180 e. The van der Waals surface area contributed by atoms with Crippen LogP contribution >= 0.6 is 20.8 Å². The normalized spacial score (nSPS) is 18.1. The molecule has 36 heavy (non-hydrogen) atoms. The van der Waals surface area contributed by atoms with Gasteiger partial charge in [0.1, 0.15) is 23.0 Å². The lowest BCUT2D eigenvalue weighted by Gasteiger charge is -2.35. The van der Waals surface area contributed by atoms with Crippen LogP contribution in [0.2, 0.25) is 0 Å². The van der Waals surface area contributed by atoms with Crippen LogP contribution in [-0.4, -0.2) is 27.9 Å². The molecule has 2 atom stereocenters. The monoisotopic (exact) mass is 523 g/mol. The Morgan fingerprint density at radius 2 is 1.94 bits per heavy atom. The minimum atomic E-state index is -1.07. The van der Waals surface area contributed by atoms with Gasteiger partial charge in [-0.2, -0.15) is 0 Å². The number of ketones is 1. The van der Waals surface area contributed by atoms with E-state index < -0.39 is 14.2 Å². The second-order valence-electron chi connectivity index (χ2n) is 8.84. The number of carbonyl (C=O) groups is 1. The number of aliphatic hydroxyl groups is 1. The molecule has 4 rings (SSSR count). The zero-order valence-electron chi connectivity index (χ0n) is 20.1. The maximum Gasteiger partial charge on any atom is 0.180 e. The minimum Gasteiger partial charge on any atom is -0.506 e. The maximum absolute atomic E-state index is 14.0. The average Bonchev–Trinajstić information content (AvgIpc) is 2.86. The topological polar surface area (TPSA) is 108 Å². The molecule has 9 heteroatoms. The lowest BCUT2D eigenvalue weighted by atomic mass is 9.66. The Balaban J connectivity index is 1.82. The molecule has 0 bridgehead atoms. The van der Waals surface area contributed by atoms with Crippen molar-refractivity contribution in [1.82, 2.24) is 0 Å². The number of benzene rings is 3. The van der Waals surface area contributed by atoms with Gasteiger partial charge in [-0.3, -0.25) is 4.79 Å². The molecule has 3 aromatic carbocycles. The lowest BCUT2D eigenvalue weighted by molar-refractivity contribution is -0.120. The number of amidine groups is 1. The molecule has 0 heterocycles. The first kappa shape index (κ1) is 25.9. The van der Waals surface area contributed by atoms with Gasteiger partial charge in [0, 0.05) is 31.6 Å². The van der Waals surface area contributed by atoms with Crippen LogP contribution in [0.4, 0.5) is 15.8 Å². The number of nitrogens with one attached hydrogen (secondary N) is 1. The molecule has 3 aromatic rings. The van der Waals surface area contributed by atoms with Crippen LogP contribution in [0.5, 0.6) is 0 Å². The average molecular weight is 524 g/mol. The van der Waals surface area contributed by atoms with E-state index in [1.165, 1.54) is 18.0 Å². The van der Waals surface area contributed by atoms with E-state index in [2.05, 4.69) is 9.71 Å². The van der Waals surface area contributed by atoms with E-state index >= 15 is 0 Å². The van der Waals surface area contributed by atoms with Crippen molar-refractivity contribution in [1.29, 1.82) is 0 Å². The van der Waals surface area contributed by atoms with Crippen LogP contribution < -0.4 is 15.8 Å². The van der Waals surface area contributed by atoms with Crippen LogP contribution in [-0.2, 0) is 16.6 Å². The summed E-state index contributed by atoms with van der Waals surface area (Å²) in [5, 5.41) is 11.7. The highest BCUT2D eigenvalue weighted by atomic mass is 32.2. The van der Waals surface area contributed by atoms with Crippen LogP contribution in [0.1, 0.15) is 29.2 Å². The van der Waals surface area contributed by atoms with Crippen molar-refractivity contribution < 1.29 is 19.2 Å². The van der Waals surface area contributed by atoms with E-state index in [1.54, 1.807) is 56.3 Å². The van der Waals surface area contributed by atoms with Gasteiger partial charge in [0.25, 0.3) is 0 Å². The Hall–Kier alpha value is -3.19.